The second-order valence-corrected chi connectivity index (χ2v) is 8.26. The Morgan fingerprint density at radius 3 is 2.33 bits per heavy atom. The third-order valence-electron chi connectivity index (χ3n) is 5.76. The topological polar surface area (TPSA) is 61.4 Å². The van der Waals surface area contributed by atoms with Crippen LogP contribution in [-0.4, -0.2) is 28.9 Å². The maximum absolute atomic E-state index is 13.1. The standard InChI is InChI=1S/C25H25N3O2/c29-24(26-20-12-13-20)19-10-8-17(9-11-19)16-28(21-14-15-21)25(30)27-23-7-3-5-18-4-1-2-6-22(18)23/h1-11,20-21H,12-16H2,(H,26,29)(H,27,30). The fraction of sp³-hybridized carbons (Fsp3) is 0.280. The molecule has 2 aliphatic carbocycles. The minimum atomic E-state index is -0.0793. The summed E-state index contributed by atoms with van der Waals surface area (Å²) in [5.41, 5.74) is 2.53. The number of fused-ring (bicyclic) bond motifs is 1. The van der Waals surface area contributed by atoms with E-state index in [4.69, 9.17) is 0 Å². The van der Waals surface area contributed by atoms with Gasteiger partial charge in [0.2, 0.25) is 0 Å². The predicted molar refractivity (Wildman–Crippen MR) is 118 cm³/mol. The highest BCUT2D eigenvalue weighted by Gasteiger charge is 2.33. The van der Waals surface area contributed by atoms with Gasteiger partial charge >= 0.3 is 6.03 Å². The molecule has 0 unspecified atom stereocenters. The first-order valence-electron chi connectivity index (χ1n) is 10.6. The number of benzene rings is 3. The number of urea groups is 1. The lowest BCUT2D eigenvalue weighted by molar-refractivity contribution is 0.0951. The minimum Gasteiger partial charge on any atom is -0.349 e. The van der Waals surface area contributed by atoms with Gasteiger partial charge < -0.3 is 15.5 Å². The van der Waals surface area contributed by atoms with E-state index in [9.17, 15) is 9.59 Å². The van der Waals surface area contributed by atoms with Crippen LogP contribution in [0, 0.1) is 0 Å². The van der Waals surface area contributed by atoms with Gasteiger partial charge in [0.15, 0.2) is 0 Å². The molecule has 2 fully saturated rings. The molecule has 0 aliphatic heterocycles. The summed E-state index contributed by atoms with van der Waals surface area (Å²) in [6.45, 7) is 0.534. The van der Waals surface area contributed by atoms with Gasteiger partial charge in [-0.2, -0.15) is 0 Å². The molecular formula is C25H25N3O2. The van der Waals surface area contributed by atoms with E-state index in [1.807, 2.05) is 71.6 Å². The summed E-state index contributed by atoms with van der Waals surface area (Å²) in [6, 6.07) is 22.1. The molecule has 0 atom stereocenters. The van der Waals surface area contributed by atoms with Gasteiger partial charge in [0, 0.05) is 29.6 Å². The van der Waals surface area contributed by atoms with Crippen molar-refractivity contribution in [3.63, 3.8) is 0 Å². The number of hydrogen-bond acceptors (Lipinski definition) is 2. The largest absolute Gasteiger partial charge is 0.349 e. The van der Waals surface area contributed by atoms with E-state index < -0.39 is 0 Å². The lowest BCUT2D eigenvalue weighted by atomic mass is 10.1. The monoisotopic (exact) mass is 399 g/mol. The van der Waals surface area contributed by atoms with Gasteiger partial charge in [-0.25, -0.2) is 4.79 Å². The Morgan fingerprint density at radius 2 is 1.60 bits per heavy atom. The van der Waals surface area contributed by atoms with E-state index in [1.165, 1.54) is 0 Å². The summed E-state index contributed by atoms with van der Waals surface area (Å²) in [5, 5.41) is 8.25. The first kappa shape index (κ1) is 18.7. The Kier molecular flexibility index (Phi) is 4.87. The highest BCUT2D eigenvalue weighted by molar-refractivity contribution is 6.01. The second-order valence-electron chi connectivity index (χ2n) is 8.26. The van der Waals surface area contributed by atoms with Crippen molar-refractivity contribution >= 4 is 28.4 Å². The fourth-order valence-electron chi connectivity index (χ4n) is 3.73. The van der Waals surface area contributed by atoms with Gasteiger partial charge in [0.25, 0.3) is 5.91 Å². The van der Waals surface area contributed by atoms with Crippen molar-refractivity contribution < 1.29 is 9.59 Å². The van der Waals surface area contributed by atoms with E-state index in [0.717, 1.165) is 47.7 Å². The van der Waals surface area contributed by atoms with E-state index >= 15 is 0 Å². The molecule has 5 rings (SSSR count). The molecule has 30 heavy (non-hydrogen) atoms. The van der Waals surface area contributed by atoms with Gasteiger partial charge in [-0.15, -0.1) is 0 Å². The summed E-state index contributed by atoms with van der Waals surface area (Å²) in [7, 11) is 0. The van der Waals surface area contributed by atoms with Crippen LogP contribution in [0.5, 0.6) is 0 Å². The third kappa shape index (κ3) is 4.15. The molecule has 2 saturated carbocycles. The summed E-state index contributed by atoms with van der Waals surface area (Å²) < 4.78 is 0. The van der Waals surface area contributed by atoms with Crippen molar-refractivity contribution in [1.29, 1.82) is 0 Å². The fourth-order valence-corrected chi connectivity index (χ4v) is 3.73. The minimum absolute atomic E-state index is 0.0169. The molecule has 3 aromatic rings. The van der Waals surface area contributed by atoms with Crippen molar-refractivity contribution in [2.45, 2.75) is 44.3 Å². The normalized spacial score (nSPS) is 15.6. The van der Waals surface area contributed by atoms with Gasteiger partial charge in [-0.1, -0.05) is 48.5 Å². The number of carbonyl (C=O) groups is 2. The number of rotatable bonds is 6. The summed E-state index contributed by atoms with van der Waals surface area (Å²) in [4.78, 5) is 27.2. The first-order valence-corrected chi connectivity index (χ1v) is 10.6. The molecule has 5 heteroatoms. The van der Waals surface area contributed by atoms with E-state index in [1.54, 1.807) is 0 Å². The van der Waals surface area contributed by atoms with Crippen molar-refractivity contribution in [3.05, 3.63) is 77.9 Å². The lowest BCUT2D eigenvalue weighted by Crippen LogP contribution is -2.36. The molecule has 0 heterocycles. The molecule has 2 N–H and O–H groups in total. The van der Waals surface area contributed by atoms with Crippen LogP contribution in [0.3, 0.4) is 0 Å². The van der Waals surface area contributed by atoms with Crippen LogP contribution in [0.25, 0.3) is 10.8 Å². The molecule has 0 radical (unpaired) electrons. The maximum Gasteiger partial charge on any atom is 0.322 e. The van der Waals surface area contributed by atoms with E-state index in [2.05, 4.69) is 10.6 Å². The van der Waals surface area contributed by atoms with Crippen LogP contribution < -0.4 is 10.6 Å². The Hall–Kier alpha value is -3.34. The molecule has 2 aliphatic rings. The number of amides is 3. The van der Waals surface area contributed by atoms with E-state index in [-0.39, 0.29) is 18.0 Å². The van der Waals surface area contributed by atoms with Gasteiger partial charge in [0.1, 0.15) is 0 Å². The highest BCUT2D eigenvalue weighted by atomic mass is 16.2. The number of hydrogen-bond donors (Lipinski definition) is 2. The van der Waals surface area contributed by atoms with Crippen molar-refractivity contribution in [2.24, 2.45) is 0 Å². The molecule has 0 aromatic heterocycles. The van der Waals surface area contributed by atoms with E-state index in [0.29, 0.717) is 18.2 Å². The van der Waals surface area contributed by atoms with Crippen LogP contribution in [0.2, 0.25) is 0 Å². The highest BCUT2D eigenvalue weighted by Crippen LogP contribution is 2.30. The zero-order valence-corrected chi connectivity index (χ0v) is 16.8. The molecule has 5 nitrogen and oxygen atoms in total. The molecule has 0 saturated heterocycles. The molecule has 3 aromatic carbocycles. The Bertz CT molecular complexity index is 1080. The van der Waals surface area contributed by atoms with Crippen LogP contribution in [0.15, 0.2) is 66.7 Å². The summed E-state index contributed by atoms with van der Waals surface area (Å²) in [5.74, 6) is -0.0169. The molecule has 3 amide bonds. The number of nitrogens with zero attached hydrogens (tertiary/aromatic N) is 1. The van der Waals surface area contributed by atoms with Crippen LogP contribution in [0.1, 0.15) is 41.6 Å². The average Bonchev–Trinajstić information content (AvgIpc) is 3.68. The SMILES string of the molecule is O=C(NC1CC1)c1ccc(CN(C(=O)Nc2cccc3ccccc23)C2CC2)cc1. The zero-order valence-electron chi connectivity index (χ0n) is 16.8. The summed E-state index contributed by atoms with van der Waals surface area (Å²) in [6.07, 6.45) is 4.22. The molecular weight excluding hydrogens is 374 g/mol. The molecule has 152 valence electrons. The Labute approximate surface area is 176 Å². The summed E-state index contributed by atoms with van der Waals surface area (Å²) >= 11 is 0. The third-order valence-corrected chi connectivity index (χ3v) is 5.76. The maximum atomic E-state index is 13.1. The number of anilines is 1. The van der Waals surface area contributed by atoms with Crippen LogP contribution in [-0.2, 0) is 6.54 Å². The quantitative estimate of drug-likeness (QED) is 0.617. The number of nitrogens with one attached hydrogen (secondary N) is 2. The number of carbonyl (C=O) groups excluding carboxylic acids is 2. The second kappa shape index (κ2) is 7.82. The van der Waals surface area contributed by atoms with Crippen molar-refractivity contribution in [3.8, 4) is 0 Å². The zero-order chi connectivity index (χ0) is 20.5. The lowest BCUT2D eigenvalue weighted by Gasteiger charge is -2.23. The first-order chi connectivity index (χ1) is 14.7. The molecule has 0 spiro atoms. The van der Waals surface area contributed by atoms with Gasteiger partial charge in [-0.05, 0) is 54.8 Å². The Morgan fingerprint density at radius 1 is 0.867 bits per heavy atom. The van der Waals surface area contributed by atoms with Gasteiger partial charge in [-0.3, -0.25) is 4.79 Å². The smallest absolute Gasteiger partial charge is 0.322 e. The van der Waals surface area contributed by atoms with Crippen LogP contribution in [0.4, 0.5) is 10.5 Å². The van der Waals surface area contributed by atoms with Crippen molar-refractivity contribution in [2.75, 3.05) is 5.32 Å². The molecule has 0 bridgehead atoms. The van der Waals surface area contributed by atoms with Crippen molar-refractivity contribution in [1.82, 2.24) is 10.2 Å². The predicted octanol–water partition coefficient (Wildman–Crippen LogP) is 4.93. The average molecular weight is 399 g/mol. The Balaban J connectivity index is 1.29. The van der Waals surface area contributed by atoms with Crippen LogP contribution >= 0.6 is 0 Å². The van der Waals surface area contributed by atoms with Gasteiger partial charge in [0.05, 0.1) is 5.69 Å².